The second-order valence-corrected chi connectivity index (χ2v) is 3.40. The predicted octanol–water partition coefficient (Wildman–Crippen LogP) is 3.15. The predicted molar refractivity (Wildman–Crippen MR) is 51.4 cm³/mol. The maximum absolute atomic E-state index is 12.7. The molecule has 1 aromatic rings. The summed E-state index contributed by atoms with van der Waals surface area (Å²) in [7, 11) is 0. The molecular formula is C9H7ClF5NO2. The molecule has 0 aliphatic rings. The fourth-order valence-electron chi connectivity index (χ4n) is 1.26. The van der Waals surface area contributed by atoms with Crippen molar-refractivity contribution < 1.29 is 31.8 Å². The SMILES string of the molecule is OCc1cc(CCl)nc(OC(F)(F)F)c1C(F)F. The number of alkyl halides is 6. The van der Waals surface area contributed by atoms with Gasteiger partial charge in [-0.25, -0.2) is 13.8 Å². The maximum Gasteiger partial charge on any atom is 0.574 e. The number of aliphatic hydroxyl groups is 1. The highest BCUT2D eigenvalue weighted by Crippen LogP contribution is 2.34. The van der Waals surface area contributed by atoms with Crippen LogP contribution in [-0.4, -0.2) is 16.5 Å². The van der Waals surface area contributed by atoms with Crippen molar-refractivity contribution in [3.8, 4) is 5.88 Å². The lowest BCUT2D eigenvalue weighted by Crippen LogP contribution is -2.20. The van der Waals surface area contributed by atoms with Gasteiger partial charge in [0.2, 0.25) is 5.88 Å². The molecule has 0 atom stereocenters. The minimum Gasteiger partial charge on any atom is -0.392 e. The normalized spacial score (nSPS) is 12.0. The van der Waals surface area contributed by atoms with Crippen molar-refractivity contribution in [3.63, 3.8) is 0 Å². The average Bonchev–Trinajstić information content (AvgIpc) is 2.25. The number of hydrogen-bond donors (Lipinski definition) is 1. The number of halogens is 6. The molecule has 0 bridgehead atoms. The Hall–Kier alpha value is -1.15. The third-order valence-corrected chi connectivity index (χ3v) is 2.17. The first-order valence-electron chi connectivity index (χ1n) is 4.52. The molecule has 0 unspecified atom stereocenters. The van der Waals surface area contributed by atoms with Crippen LogP contribution >= 0.6 is 11.6 Å². The van der Waals surface area contributed by atoms with Gasteiger partial charge in [-0.15, -0.1) is 24.8 Å². The van der Waals surface area contributed by atoms with Gasteiger partial charge in [0.1, 0.15) is 0 Å². The summed E-state index contributed by atoms with van der Waals surface area (Å²) >= 11 is 5.36. The van der Waals surface area contributed by atoms with E-state index in [0.717, 1.165) is 6.07 Å². The molecule has 1 aromatic heterocycles. The second-order valence-electron chi connectivity index (χ2n) is 3.13. The van der Waals surface area contributed by atoms with E-state index < -0.39 is 36.4 Å². The molecule has 1 N–H and O–H groups in total. The van der Waals surface area contributed by atoms with E-state index in [2.05, 4.69) is 9.72 Å². The molecule has 0 spiro atoms. The smallest absolute Gasteiger partial charge is 0.392 e. The number of pyridine rings is 1. The number of rotatable bonds is 4. The van der Waals surface area contributed by atoms with Gasteiger partial charge in [-0.3, -0.25) is 0 Å². The van der Waals surface area contributed by atoms with Crippen molar-refractivity contribution in [2.45, 2.75) is 25.3 Å². The second kappa shape index (κ2) is 5.66. The molecule has 0 aliphatic carbocycles. The third kappa shape index (κ3) is 3.67. The molecule has 102 valence electrons. The molecule has 0 saturated heterocycles. The molecule has 1 rings (SSSR count). The largest absolute Gasteiger partial charge is 0.574 e. The van der Waals surface area contributed by atoms with Crippen LogP contribution in [0.4, 0.5) is 22.0 Å². The standard InChI is InChI=1S/C9H7ClF5NO2/c10-2-5-1-4(3-17)6(7(11)12)8(16-5)18-9(13,14)15/h1,7,17H,2-3H2. The first-order valence-corrected chi connectivity index (χ1v) is 5.05. The molecule has 0 radical (unpaired) electrons. The Balaban J connectivity index is 3.34. The van der Waals surface area contributed by atoms with E-state index >= 15 is 0 Å². The topological polar surface area (TPSA) is 42.4 Å². The van der Waals surface area contributed by atoms with Crippen LogP contribution in [0.15, 0.2) is 6.07 Å². The Morgan fingerprint density at radius 2 is 2.00 bits per heavy atom. The number of aliphatic hydroxyl groups excluding tert-OH is 1. The molecule has 9 heteroatoms. The molecule has 0 aromatic carbocycles. The summed E-state index contributed by atoms with van der Waals surface area (Å²) in [5, 5.41) is 8.87. The van der Waals surface area contributed by atoms with Gasteiger partial charge in [0.25, 0.3) is 6.43 Å². The third-order valence-electron chi connectivity index (χ3n) is 1.90. The molecule has 0 fully saturated rings. The highest BCUT2D eigenvalue weighted by atomic mass is 35.5. The van der Waals surface area contributed by atoms with Crippen LogP contribution in [0.25, 0.3) is 0 Å². The summed E-state index contributed by atoms with van der Waals surface area (Å²) in [5.74, 6) is -1.59. The number of nitrogens with zero attached hydrogens (tertiary/aromatic N) is 1. The number of aromatic nitrogens is 1. The minimum atomic E-state index is -5.16. The fourth-order valence-corrected chi connectivity index (χ4v) is 1.40. The average molecular weight is 292 g/mol. The van der Waals surface area contributed by atoms with Crippen molar-refractivity contribution in [1.29, 1.82) is 0 Å². The van der Waals surface area contributed by atoms with Crippen LogP contribution in [0.1, 0.15) is 23.2 Å². The summed E-state index contributed by atoms with van der Waals surface area (Å²) in [6, 6.07) is 0.998. The Morgan fingerprint density at radius 1 is 1.39 bits per heavy atom. The summed E-state index contributed by atoms with van der Waals surface area (Å²) in [5.41, 5.74) is -1.61. The zero-order valence-corrected chi connectivity index (χ0v) is 9.40. The number of ether oxygens (including phenoxy) is 1. The fraction of sp³-hybridized carbons (Fsp3) is 0.444. The van der Waals surface area contributed by atoms with Crippen molar-refractivity contribution in [2.24, 2.45) is 0 Å². The summed E-state index contributed by atoms with van der Waals surface area (Å²) in [6.07, 6.45) is -8.42. The highest BCUT2D eigenvalue weighted by Gasteiger charge is 2.35. The molecule has 3 nitrogen and oxygen atoms in total. The van der Waals surface area contributed by atoms with Crippen molar-refractivity contribution in [1.82, 2.24) is 4.98 Å². The Bertz CT molecular complexity index is 424. The quantitative estimate of drug-likeness (QED) is 0.684. The van der Waals surface area contributed by atoms with Crippen LogP contribution in [0.3, 0.4) is 0 Å². The molecule has 18 heavy (non-hydrogen) atoms. The zero-order chi connectivity index (χ0) is 13.9. The summed E-state index contributed by atoms with van der Waals surface area (Å²) in [4.78, 5) is 3.24. The molecule has 1 heterocycles. The monoisotopic (exact) mass is 291 g/mol. The van der Waals surface area contributed by atoms with Crippen LogP contribution in [0.2, 0.25) is 0 Å². The Kier molecular flexibility index (Phi) is 4.69. The molecule has 0 saturated carbocycles. The first kappa shape index (κ1) is 14.9. The first-order chi connectivity index (χ1) is 8.28. The van der Waals surface area contributed by atoms with E-state index in [-0.39, 0.29) is 11.6 Å². The number of hydrogen-bond acceptors (Lipinski definition) is 3. The van der Waals surface area contributed by atoms with Gasteiger partial charge in [0.05, 0.1) is 23.7 Å². The molecular weight excluding hydrogens is 285 g/mol. The van der Waals surface area contributed by atoms with E-state index in [4.69, 9.17) is 16.7 Å². The lowest BCUT2D eigenvalue weighted by molar-refractivity contribution is -0.276. The maximum atomic E-state index is 12.7. The Labute approximate surface area is 103 Å². The van der Waals surface area contributed by atoms with Gasteiger partial charge in [-0.2, -0.15) is 0 Å². The van der Waals surface area contributed by atoms with Gasteiger partial charge in [-0.05, 0) is 11.6 Å². The van der Waals surface area contributed by atoms with Crippen LogP contribution < -0.4 is 4.74 Å². The lowest BCUT2D eigenvalue weighted by atomic mass is 10.1. The van der Waals surface area contributed by atoms with Crippen LogP contribution in [0, 0.1) is 0 Å². The van der Waals surface area contributed by atoms with Gasteiger partial charge >= 0.3 is 6.36 Å². The van der Waals surface area contributed by atoms with E-state index in [1.54, 1.807) is 0 Å². The highest BCUT2D eigenvalue weighted by molar-refractivity contribution is 6.16. The van der Waals surface area contributed by atoms with E-state index in [1.165, 1.54) is 0 Å². The van der Waals surface area contributed by atoms with Crippen LogP contribution in [-0.2, 0) is 12.5 Å². The van der Waals surface area contributed by atoms with Crippen molar-refractivity contribution in [2.75, 3.05) is 0 Å². The van der Waals surface area contributed by atoms with Gasteiger partial charge in [0.15, 0.2) is 0 Å². The lowest BCUT2D eigenvalue weighted by Gasteiger charge is -2.15. The van der Waals surface area contributed by atoms with Gasteiger partial charge in [0, 0.05) is 0 Å². The summed E-state index contributed by atoms with van der Waals surface area (Å²) < 4.78 is 64.9. The zero-order valence-electron chi connectivity index (χ0n) is 8.64. The van der Waals surface area contributed by atoms with Gasteiger partial charge < -0.3 is 9.84 Å². The van der Waals surface area contributed by atoms with E-state index in [1.807, 2.05) is 0 Å². The van der Waals surface area contributed by atoms with E-state index in [9.17, 15) is 22.0 Å². The van der Waals surface area contributed by atoms with Crippen molar-refractivity contribution in [3.05, 3.63) is 22.9 Å². The molecule has 0 amide bonds. The molecule has 0 aliphatic heterocycles. The van der Waals surface area contributed by atoms with E-state index in [0.29, 0.717) is 0 Å². The van der Waals surface area contributed by atoms with Gasteiger partial charge in [-0.1, -0.05) is 0 Å². The minimum absolute atomic E-state index is 0.107. The van der Waals surface area contributed by atoms with Crippen molar-refractivity contribution >= 4 is 11.6 Å². The summed E-state index contributed by atoms with van der Waals surface area (Å²) in [6.45, 7) is -0.875. The Morgan fingerprint density at radius 3 is 2.39 bits per heavy atom. The van der Waals surface area contributed by atoms with Crippen LogP contribution in [0.5, 0.6) is 5.88 Å².